The fourth-order valence-corrected chi connectivity index (χ4v) is 2.56. The SMILES string of the molecule is CCCC(CC(=O)O)N1C(=O)c2ccc(C)cc2C1=O. The van der Waals surface area contributed by atoms with Crippen LogP contribution in [0.2, 0.25) is 0 Å². The molecule has 0 bridgehead atoms. The van der Waals surface area contributed by atoms with Gasteiger partial charge in [-0.15, -0.1) is 0 Å². The summed E-state index contributed by atoms with van der Waals surface area (Å²) in [6.45, 7) is 3.75. The number of aryl methyl sites for hydroxylation is 1. The van der Waals surface area contributed by atoms with Crippen LogP contribution >= 0.6 is 0 Å². The zero-order chi connectivity index (χ0) is 14.9. The molecule has 0 spiro atoms. The number of aliphatic carboxylic acids is 1. The van der Waals surface area contributed by atoms with Crippen LogP contribution in [0.25, 0.3) is 0 Å². The maximum absolute atomic E-state index is 12.4. The Labute approximate surface area is 117 Å². The lowest BCUT2D eigenvalue weighted by atomic mass is 10.1. The van der Waals surface area contributed by atoms with Crippen molar-refractivity contribution >= 4 is 17.8 Å². The van der Waals surface area contributed by atoms with Gasteiger partial charge in [0.15, 0.2) is 0 Å². The Balaban J connectivity index is 2.36. The number of nitrogens with zero attached hydrogens (tertiary/aromatic N) is 1. The topological polar surface area (TPSA) is 74.7 Å². The van der Waals surface area contributed by atoms with Crippen molar-refractivity contribution in [3.05, 3.63) is 34.9 Å². The van der Waals surface area contributed by atoms with Crippen LogP contribution in [0, 0.1) is 6.92 Å². The number of carboxylic acids is 1. The molecule has 1 heterocycles. The molecule has 1 aromatic carbocycles. The summed E-state index contributed by atoms with van der Waals surface area (Å²) in [4.78, 5) is 36.7. The van der Waals surface area contributed by atoms with Crippen LogP contribution < -0.4 is 0 Å². The number of fused-ring (bicyclic) bond motifs is 1. The molecule has 0 radical (unpaired) electrons. The minimum Gasteiger partial charge on any atom is -0.481 e. The first-order valence-electron chi connectivity index (χ1n) is 6.66. The Kier molecular flexibility index (Phi) is 3.88. The quantitative estimate of drug-likeness (QED) is 0.836. The van der Waals surface area contributed by atoms with E-state index in [2.05, 4.69) is 0 Å². The molecule has 0 saturated heterocycles. The molecule has 1 atom stereocenters. The number of amides is 2. The third kappa shape index (κ3) is 2.43. The van der Waals surface area contributed by atoms with Gasteiger partial charge >= 0.3 is 5.97 Å². The van der Waals surface area contributed by atoms with Crippen molar-refractivity contribution in [2.24, 2.45) is 0 Å². The summed E-state index contributed by atoms with van der Waals surface area (Å²) in [6.07, 6.45) is 0.999. The lowest BCUT2D eigenvalue weighted by Gasteiger charge is -2.24. The summed E-state index contributed by atoms with van der Waals surface area (Å²) in [5.41, 5.74) is 1.64. The van der Waals surface area contributed by atoms with Crippen molar-refractivity contribution in [3.8, 4) is 0 Å². The van der Waals surface area contributed by atoms with Crippen LogP contribution in [0.1, 0.15) is 52.5 Å². The van der Waals surface area contributed by atoms with E-state index >= 15 is 0 Å². The fraction of sp³-hybridized carbons (Fsp3) is 0.400. The lowest BCUT2D eigenvalue weighted by Crippen LogP contribution is -2.41. The van der Waals surface area contributed by atoms with E-state index in [9.17, 15) is 14.4 Å². The van der Waals surface area contributed by atoms with Gasteiger partial charge in [-0.2, -0.15) is 0 Å². The van der Waals surface area contributed by atoms with Gasteiger partial charge < -0.3 is 5.11 Å². The summed E-state index contributed by atoms with van der Waals surface area (Å²) < 4.78 is 0. The van der Waals surface area contributed by atoms with E-state index in [1.807, 2.05) is 13.8 Å². The summed E-state index contributed by atoms with van der Waals surface area (Å²) in [7, 11) is 0. The summed E-state index contributed by atoms with van der Waals surface area (Å²) >= 11 is 0. The minimum absolute atomic E-state index is 0.210. The molecule has 1 unspecified atom stereocenters. The first kappa shape index (κ1) is 14.2. The molecule has 5 heteroatoms. The number of hydrogen-bond donors (Lipinski definition) is 1. The van der Waals surface area contributed by atoms with Crippen LogP contribution in [0.5, 0.6) is 0 Å². The molecule has 1 N–H and O–H groups in total. The third-order valence-electron chi connectivity index (χ3n) is 3.47. The van der Waals surface area contributed by atoms with Gasteiger partial charge in [0.2, 0.25) is 0 Å². The summed E-state index contributed by atoms with van der Waals surface area (Å²) in [6, 6.07) is 4.51. The number of carbonyl (C=O) groups excluding carboxylic acids is 2. The molecular weight excluding hydrogens is 258 g/mol. The van der Waals surface area contributed by atoms with E-state index in [-0.39, 0.29) is 18.2 Å². The van der Waals surface area contributed by atoms with Crippen molar-refractivity contribution in [1.82, 2.24) is 4.90 Å². The Hall–Kier alpha value is -2.17. The summed E-state index contributed by atoms with van der Waals surface area (Å²) in [5.74, 6) is -1.77. The zero-order valence-corrected chi connectivity index (χ0v) is 11.5. The van der Waals surface area contributed by atoms with E-state index in [0.717, 1.165) is 10.5 Å². The Morgan fingerprint density at radius 2 is 1.90 bits per heavy atom. The predicted octanol–water partition coefficient (Wildman–Crippen LogP) is 2.23. The number of carbonyl (C=O) groups is 3. The highest BCUT2D eigenvalue weighted by Crippen LogP contribution is 2.28. The first-order valence-corrected chi connectivity index (χ1v) is 6.66. The van der Waals surface area contributed by atoms with Crippen LogP contribution in [-0.2, 0) is 4.79 Å². The molecule has 5 nitrogen and oxygen atoms in total. The highest BCUT2D eigenvalue weighted by atomic mass is 16.4. The molecule has 20 heavy (non-hydrogen) atoms. The Morgan fingerprint density at radius 1 is 1.25 bits per heavy atom. The molecule has 1 aliphatic heterocycles. The molecule has 2 rings (SSSR count). The number of hydrogen-bond acceptors (Lipinski definition) is 3. The number of imide groups is 1. The maximum Gasteiger partial charge on any atom is 0.305 e. The van der Waals surface area contributed by atoms with Gasteiger partial charge in [0.1, 0.15) is 0 Å². The van der Waals surface area contributed by atoms with Crippen molar-refractivity contribution < 1.29 is 19.5 Å². The average molecular weight is 275 g/mol. The predicted molar refractivity (Wildman–Crippen MR) is 72.6 cm³/mol. The van der Waals surface area contributed by atoms with E-state index in [0.29, 0.717) is 24.0 Å². The Morgan fingerprint density at radius 3 is 2.50 bits per heavy atom. The van der Waals surface area contributed by atoms with E-state index in [1.165, 1.54) is 0 Å². The highest BCUT2D eigenvalue weighted by Gasteiger charge is 2.40. The third-order valence-corrected chi connectivity index (χ3v) is 3.47. The highest BCUT2D eigenvalue weighted by molar-refractivity contribution is 6.21. The van der Waals surface area contributed by atoms with Crippen LogP contribution in [0.3, 0.4) is 0 Å². The largest absolute Gasteiger partial charge is 0.481 e. The first-order chi connectivity index (χ1) is 9.45. The van der Waals surface area contributed by atoms with Crippen molar-refractivity contribution in [3.63, 3.8) is 0 Å². The van der Waals surface area contributed by atoms with Gasteiger partial charge in [0, 0.05) is 0 Å². The number of carboxylic acid groups (broad SMARTS) is 1. The average Bonchev–Trinajstić information content (AvgIpc) is 2.60. The van der Waals surface area contributed by atoms with Gasteiger partial charge in [0.25, 0.3) is 11.8 Å². The summed E-state index contributed by atoms with van der Waals surface area (Å²) in [5, 5.41) is 8.96. The Bertz CT molecular complexity index is 579. The standard InChI is InChI=1S/C15H17NO4/c1-3-4-10(8-13(17)18)16-14(19)11-6-5-9(2)7-12(11)15(16)20/h5-7,10H,3-4,8H2,1-2H3,(H,17,18). The lowest BCUT2D eigenvalue weighted by molar-refractivity contribution is -0.138. The van der Waals surface area contributed by atoms with E-state index in [1.54, 1.807) is 18.2 Å². The van der Waals surface area contributed by atoms with E-state index in [4.69, 9.17) is 5.11 Å². The van der Waals surface area contributed by atoms with Gasteiger partial charge in [-0.25, -0.2) is 0 Å². The molecule has 0 saturated carbocycles. The molecule has 1 aromatic rings. The van der Waals surface area contributed by atoms with Gasteiger partial charge in [-0.1, -0.05) is 25.0 Å². The molecule has 0 fully saturated rings. The van der Waals surface area contributed by atoms with Crippen LogP contribution in [0.15, 0.2) is 18.2 Å². The smallest absolute Gasteiger partial charge is 0.305 e. The van der Waals surface area contributed by atoms with Crippen LogP contribution in [-0.4, -0.2) is 33.8 Å². The zero-order valence-electron chi connectivity index (χ0n) is 11.5. The van der Waals surface area contributed by atoms with Gasteiger partial charge in [-0.3, -0.25) is 19.3 Å². The van der Waals surface area contributed by atoms with Gasteiger partial charge in [-0.05, 0) is 25.5 Å². The fourth-order valence-electron chi connectivity index (χ4n) is 2.56. The van der Waals surface area contributed by atoms with Crippen molar-refractivity contribution in [2.75, 3.05) is 0 Å². The van der Waals surface area contributed by atoms with E-state index < -0.39 is 12.0 Å². The minimum atomic E-state index is -1.00. The normalized spacial score (nSPS) is 15.4. The number of rotatable bonds is 5. The number of benzene rings is 1. The molecule has 2 amide bonds. The van der Waals surface area contributed by atoms with Gasteiger partial charge in [0.05, 0.1) is 23.6 Å². The molecule has 106 valence electrons. The second-order valence-electron chi connectivity index (χ2n) is 5.07. The van der Waals surface area contributed by atoms with Crippen molar-refractivity contribution in [1.29, 1.82) is 0 Å². The monoisotopic (exact) mass is 275 g/mol. The molecule has 0 aromatic heterocycles. The second kappa shape index (κ2) is 5.45. The second-order valence-corrected chi connectivity index (χ2v) is 5.07. The van der Waals surface area contributed by atoms with Crippen molar-refractivity contribution in [2.45, 2.75) is 39.2 Å². The maximum atomic E-state index is 12.4. The molecular formula is C15H17NO4. The molecule has 1 aliphatic rings. The van der Waals surface area contributed by atoms with Crippen LogP contribution in [0.4, 0.5) is 0 Å². The molecule has 0 aliphatic carbocycles.